The lowest BCUT2D eigenvalue weighted by Gasteiger charge is -2.26. The number of hydrogen-bond acceptors (Lipinski definition) is 3. The van der Waals surface area contributed by atoms with Gasteiger partial charge in [-0.2, -0.15) is 0 Å². The van der Waals surface area contributed by atoms with Gasteiger partial charge in [0.15, 0.2) is 6.61 Å². The van der Waals surface area contributed by atoms with Crippen LogP contribution >= 0.6 is 0 Å². The summed E-state index contributed by atoms with van der Waals surface area (Å²) in [5.74, 6) is 0.747. The van der Waals surface area contributed by atoms with E-state index in [1.165, 1.54) is 6.42 Å². The van der Waals surface area contributed by atoms with Crippen LogP contribution in [-0.2, 0) is 4.79 Å². The molecular weight excluding hydrogens is 264 g/mol. The van der Waals surface area contributed by atoms with Crippen LogP contribution in [0.2, 0.25) is 0 Å². The van der Waals surface area contributed by atoms with Crippen molar-refractivity contribution in [1.29, 1.82) is 0 Å². The number of carbonyl (C=O) groups is 1. The summed E-state index contributed by atoms with van der Waals surface area (Å²) in [5, 5.41) is 1.04. The van der Waals surface area contributed by atoms with Crippen molar-refractivity contribution in [2.45, 2.75) is 26.2 Å². The van der Waals surface area contributed by atoms with Crippen LogP contribution in [0.15, 0.2) is 30.5 Å². The average Bonchev–Trinajstić information content (AvgIpc) is 2.53. The number of hydrogen-bond donors (Lipinski definition) is 0. The van der Waals surface area contributed by atoms with E-state index < -0.39 is 0 Å². The fourth-order valence-electron chi connectivity index (χ4n) is 2.73. The number of carbonyl (C=O) groups excluding carboxylic acids is 1. The van der Waals surface area contributed by atoms with Gasteiger partial charge in [0.05, 0.1) is 0 Å². The Hall–Kier alpha value is -2.10. The molecule has 1 fully saturated rings. The van der Waals surface area contributed by atoms with Crippen LogP contribution in [0.25, 0.3) is 10.9 Å². The highest BCUT2D eigenvalue weighted by molar-refractivity contribution is 5.85. The summed E-state index contributed by atoms with van der Waals surface area (Å²) in [7, 11) is 0. The van der Waals surface area contributed by atoms with Gasteiger partial charge in [-0.05, 0) is 43.9 Å². The second kappa shape index (κ2) is 6.12. The summed E-state index contributed by atoms with van der Waals surface area (Å²) < 4.78 is 5.72. The number of fused-ring (bicyclic) bond motifs is 1. The summed E-state index contributed by atoms with van der Waals surface area (Å²) in [6.07, 6.45) is 5.24. The minimum Gasteiger partial charge on any atom is -0.481 e. The molecule has 3 rings (SSSR count). The maximum absolute atomic E-state index is 12.1. The third-order valence-corrected chi connectivity index (χ3v) is 3.87. The van der Waals surface area contributed by atoms with E-state index in [4.69, 9.17) is 4.74 Å². The van der Waals surface area contributed by atoms with Crippen molar-refractivity contribution in [2.24, 2.45) is 0 Å². The average molecular weight is 284 g/mol. The molecule has 4 nitrogen and oxygen atoms in total. The number of ether oxygens (including phenoxy) is 1. The number of pyridine rings is 1. The van der Waals surface area contributed by atoms with Gasteiger partial charge in [-0.1, -0.05) is 12.1 Å². The highest BCUT2D eigenvalue weighted by Crippen LogP contribution is 2.24. The molecular formula is C17H20N2O2. The molecule has 0 bridgehead atoms. The van der Waals surface area contributed by atoms with E-state index in [0.29, 0.717) is 5.75 Å². The number of aryl methyl sites for hydroxylation is 1. The van der Waals surface area contributed by atoms with E-state index in [-0.39, 0.29) is 12.5 Å². The zero-order valence-electron chi connectivity index (χ0n) is 12.3. The largest absolute Gasteiger partial charge is 0.481 e. The number of para-hydroxylation sites is 1. The first kappa shape index (κ1) is 13.9. The van der Waals surface area contributed by atoms with Gasteiger partial charge >= 0.3 is 0 Å². The van der Waals surface area contributed by atoms with Crippen molar-refractivity contribution in [1.82, 2.24) is 9.88 Å². The topological polar surface area (TPSA) is 42.4 Å². The first-order valence-electron chi connectivity index (χ1n) is 7.50. The Labute approximate surface area is 124 Å². The number of rotatable bonds is 3. The number of likely N-dealkylation sites (tertiary alicyclic amines) is 1. The molecule has 4 heteroatoms. The molecule has 2 heterocycles. The van der Waals surface area contributed by atoms with Crippen LogP contribution in [-0.4, -0.2) is 35.5 Å². The molecule has 1 aromatic carbocycles. The number of amides is 1. The summed E-state index contributed by atoms with van der Waals surface area (Å²) >= 11 is 0. The Morgan fingerprint density at radius 3 is 2.90 bits per heavy atom. The molecule has 1 aliphatic rings. The van der Waals surface area contributed by atoms with Gasteiger partial charge in [0.2, 0.25) is 0 Å². The normalized spacial score (nSPS) is 15.2. The molecule has 1 saturated heterocycles. The zero-order valence-corrected chi connectivity index (χ0v) is 12.3. The van der Waals surface area contributed by atoms with Crippen molar-refractivity contribution < 1.29 is 9.53 Å². The lowest BCUT2D eigenvalue weighted by Crippen LogP contribution is -2.38. The van der Waals surface area contributed by atoms with Crippen LogP contribution in [0.3, 0.4) is 0 Å². The molecule has 0 atom stereocenters. The third kappa shape index (κ3) is 3.15. The van der Waals surface area contributed by atoms with Gasteiger partial charge in [0, 0.05) is 24.7 Å². The van der Waals surface area contributed by atoms with Crippen LogP contribution in [0, 0.1) is 6.92 Å². The minimum absolute atomic E-state index is 0.0683. The molecule has 1 aliphatic heterocycles. The minimum atomic E-state index is 0.0683. The highest BCUT2D eigenvalue weighted by atomic mass is 16.5. The van der Waals surface area contributed by atoms with Gasteiger partial charge in [0.1, 0.15) is 11.3 Å². The first-order valence-corrected chi connectivity index (χ1v) is 7.50. The molecule has 0 spiro atoms. The number of aromatic nitrogens is 1. The van der Waals surface area contributed by atoms with Crippen molar-refractivity contribution in [3.63, 3.8) is 0 Å². The van der Waals surface area contributed by atoms with Crippen molar-refractivity contribution in [2.75, 3.05) is 19.7 Å². The monoisotopic (exact) mass is 284 g/mol. The second-order valence-corrected chi connectivity index (χ2v) is 5.57. The molecule has 2 aromatic rings. The Balaban J connectivity index is 1.71. The van der Waals surface area contributed by atoms with Gasteiger partial charge in [0.25, 0.3) is 5.91 Å². The Morgan fingerprint density at radius 2 is 2.10 bits per heavy atom. The standard InChI is InChI=1S/C17H20N2O2/c1-13-10-14-6-5-7-15(17(14)18-11-13)21-12-16(20)19-8-3-2-4-9-19/h5-7,10-11H,2-4,8-9,12H2,1H3. The summed E-state index contributed by atoms with van der Waals surface area (Å²) in [6, 6.07) is 7.88. The Kier molecular flexibility index (Phi) is 4.04. The van der Waals surface area contributed by atoms with Gasteiger partial charge < -0.3 is 9.64 Å². The maximum atomic E-state index is 12.1. The van der Waals surface area contributed by atoms with Gasteiger partial charge in [-0.15, -0.1) is 0 Å². The van der Waals surface area contributed by atoms with E-state index in [1.54, 1.807) is 0 Å². The number of piperidine rings is 1. The van der Waals surface area contributed by atoms with E-state index in [1.807, 2.05) is 36.2 Å². The smallest absolute Gasteiger partial charge is 0.260 e. The van der Waals surface area contributed by atoms with E-state index in [2.05, 4.69) is 11.1 Å². The number of nitrogens with zero attached hydrogens (tertiary/aromatic N) is 2. The second-order valence-electron chi connectivity index (χ2n) is 5.57. The van der Waals surface area contributed by atoms with E-state index in [9.17, 15) is 4.79 Å². The number of benzene rings is 1. The van der Waals surface area contributed by atoms with Crippen molar-refractivity contribution in [3.05, 3.63) is 36.0 Å². The molecule has 0 N–H and O–H groups in total. The molecule has 0 unspecified atom stereocenters. The molecule has 0 radical (unpaired) electrons. The lowest BCUT2D eigenvalue weighted by molar-refractivity contribution is -0.134. The summed E-state index contributed by atoms with van der Waals surface area (Å²) in [4.78, 5) is 18.5. The predicted octanol–water partition coefficient (Wildman–Crippen LogP) is 2.93. The quantitative estimate of drug-likeness (QED) is 0.870. The van der Waals surface area contributed by atoms with E-state index >= 15 is 0 Å². The highest BCUT2D eigenvalue weighted by Gasteiger charge is 2.17. The Morgan fingerprint density at radius 1 is 1.29 bits per heavy atom. The molecule has 110 valence electrons. The molecule has 1 aromatic heterocycles. The van der Waals surface area contributed by atoms with E-state index in [0.717, 1.165) is 42.4 Å². The summed E-state index contributed by atoms with van der Waals surface area (Å²) in [6.45, 7) is 3.82. The SMILES string of the molecule is Cc1cnc2c(OCC(=O)N3CCCCC3)cccc2c1. The van der Waals surface area contributed by atoms with Crippen molar-refractivity contribution >= 4 is 16.8 Å². The van der Waals surface area contributed by atoms with Crippen LogP contribution in [0.1, 0.15) is 24.8 Å². The fraction of sp³-hybridized carbons (Fsp3) is 0.412. The fourth-order valence-corrected chi connectivity index (χ4v) is 2.73. The zero-order chi connectivity index (χ0) is 14.7. The molecule has 0 aliphatic carbocycles. The van der Waals surface area contributed by atoms with Crippen molar-refractivity contribution in [3.8, 4) is 5.75 Å². The molecule has 0 saturated carbocycles. The first-order chi connectivity index (χ1) is 10.2. The molecule has 21 heavy (non-hydrogen) atoms. The predicted molar refractivity (Wildman–Crippen MR) is 82.4 cm³/mol. The van der Waals surface area contributed by atoms with Crippen LogP contribution in [0.5, 0.6) is 5.75 Å². The maximum Gasteiger partial charge on any atom is 0.260 e. The van der Waals surface area contributed by atoms with Crippen LogP contribution < -0.4 is 4.74 Å². The van der Waals surface area contributed by atoms with Gasteiger partial charge in [-0.25, -0.2) is 0 Å². The van der Waals surface area contributed by atoms with Gasteiger partial charge in [-0.3, -0.25) is 9.78 Å². The third-order valence-electron chi connectivity index (χ3n) is 3.87. The lowest BCUT2D eigenvalue weighted by atomic mass is 10.1. The summed E-state index contributed by atoms with van der Waals surface area (Å²) in [5.41, 5.74) is 1.93. The van der Waals surface area contributed by atoms with Crippen LogP contribution in [0.4, 0.5) is 0 Å². The molecule has 1 amide bonds. The Bertz CT molecular complexity index is 648.